The van der Waals surface area contributed by atoms with Gasteiger partial charge in [-0.05, 0) is 80.0 Å². The number of nitrogens with zero attached hydrogens (tertiary/aromatic N) is 2. The molecule has 212 valence electrons. The maximum Gasteiger partial charge on any atom is 0.308 e. The Bertz CT molecular complexity index is 1770. The van der Waals surface area contributed by atoms with E-state index in [1.807, 2.05) is 54.6 Å². The van der Waals surface area contributed by atoms with Gasteiger partial charge in [0.05, 0.1) is 17.1 Å². The van der Waals surface area contributed by atoms with Crippen molar-refractivity contribution < 1.29 is 23.4 Å². The van der Waals surface area contributed by atoms with Crippen molar-refractivity contribution in [2.45, 2.75) is 31.7 Å². The van der Waals surface area contributed by atoms with Crippen molar-refractivity contribution in [3.8, 4) is 34.1 Å². The highest BCUT2D eigenvalue weighted by molar-refractivity contribution is 5.94. The van der Waals surface area contributed by atoms with Gasteiger partial charge < -0.3 is 20.1 Å². The van der Waals surface area contributed by atoms with Gasteiger partial charge in [-0.15, -0.1) is 0 Å². The van der Waals surface area contributed by atoms with E-state index in [0.717, 1.165) is 43.1 Å². The minimum Gasteiger partial charge on any atom is -0.481 e. The number of halogens is 2. The lowest BCUT2D eigenvalue weighted by Crippen LogP contribution is -2.51. The Morgan fingerprint density at radius 2 is 1.62 bits per heavy atom. The van der Waals surface area contributed by atoms with Crippen LogP contribution in [0.1, 0.15) is 25.7 Å². The molecule has 3 fully saturated rings. The number of carbonyl (C=O) groups is 1. The molecule has 3 aromatic carbocycles. The van der Waals surface area contributed by atoms with Crippen LogP contribution in [-0.2, 0) is 4.79 Å². The molecule has 2 bridgehead atoms. The van der Waals surface area contributed by atoms with Crippen LogP contribution >= 0.6 is 0 Å². The fraction of sp³-hybridized carbons (Fsp3) is 0.242. The molecule has 5 aromatic rings. The van der Waals surface area contributed by atoms with Gasteiger partial charge in [0.15, 0.2) is 5.82 Å². The second-order valence-corrected chi connectivity index (χ2v) is 11.1. The van der Waals surface area contributed by atoms with Gasteiger partial charge in [-0.1, -0.05) is 18.2 Å². The fourth-order valence-corrected chi connectivity index (χ4v) is 6.63. The van der Waals surface area contributed by atoms with Gasteiger partial charge in [0, 0.05) is 40.9 Å². The predicted octanol–water partition coefficient (Wildman–Crippen LogP) is 7.66. The molecule has 0 unspecified atom stereocenters. The zero-order valence-electron chi connectivity index (χ0n) is 22.6. The predicted molar refractivity (Wildman–Crippen MR) is 155 cm³/mol. The van der Waals surface area contributed by atoms with Crippen LogP contribution in [0.4, 0.5) is 14.6 Å². The maximum absolute atomic E-state index is 14.5. The molecule has 0 aliphatic heterocycles. The van der Waals surface area contributed by atoms with Gasteiger partial charge in [0.1, 0.15) is 29.0 Å². The smallest absolute Gasteiger partial charge is 0.308 e. The first-order valence-electron chi connectivity index (χ1n) is 14.1. The molecule has 3 N–H and O–H groups in total. The van der Waals surface area contributed by atoms with Gasteiger partial charge in [0.25, 0.3) is 0 Å². The molecule has 2 aromatic heterocycles. The Morgan fingerprint density at radius 1 is 0.905 bits per heavy atom. The quantitative estimate of drug-likeness (QED) is 0.187. The van der Waals surface area contributed by atoms with Crippen LogP contribution in [0.3, 0.4) is 0 Å². The van der Waals surface area contributed by atoms with Crippen molar-refractivity contribution in [3.05, 3.63) is 90.6 Å². The number of nitrogens with one attached hydrogen (secondary N) is 2. The van der Waals surface area contributed by atoms with E-state index in [4.69, 9.17) is 14.7 Å². The standard InChI is InChI=1S/C33H28F2N4O3/c34-21-14-24-25(17-36-31(24)26(35)15-21)32-37-27(18-10-12-23(13-11-18)42-22-4-2-1-3-5-22)16-28(39-32)38-30-20-8-6-19(7-9-20)29(30)33(40)41/h1-5,10-17,19-20,29-30,36H,6-9H2,(H,40,41)(H,37,38,39)/t19?,20?,29-,30-/m1/s1. The average Bonchev–Trinajstić information content (AvgIpc) is 3.43. The number of hydrogen-bond acceptors (Lipinski definition) is 5. The largest absolute Gasteiger partial charge is 0.481 e. The number of fused-ring (bicyclic) bond motifs is 4. The van der Waals surface area contributed by atoms with Crippen LogP contribution in [-0.4, -0.2) is 32.1 Å². The van der Waals surface area contributed by atoms with E-state index in [9.17, 15) is 18.7 Å². The van der Waals surface area contributed by atoms with Crippen molar-refractivity contribution in [2.75, 3.05) is 5.32 Å². The summed E-state index contributed by atoms with van der Waals surface area (Å²) in [5.41, 5.74) is 1.96. The van der Waals surface area contributed by atoms with Gasteiger partial charge in [0.2, 0.25) is 0 Å². The minimum absolute atomic E-state index is 0.127. The molecular formula is C33H28F2N4O3. The molecule has 2 heterocycles. The summed E-state index contributed by atoms with van der Waals surface area (Å²) in [6, 6.07) is 20.5. The second kappa shape index (κ2) is 10.6. The number of aromatic amines is 1. The fourth-order valence-electron chi connectivity index (χ4n) is 6.63. The van der Waals surface area contributed by atoms with E-state index in [2.05, 4.69) is 10.3 Å². The summed E-state index contributed by atoms with van der Waals surface area (Å²) < 4.78 is 34.7. The molecule has 2 atom stereocenters. The number of para-hydroxylation sites is 1. The molecule has 8 rings (SSSR count). The highest BCUT2D eigenvalue weighted by atomic mass is 19.1. The number of H-pyrrole nitrogens is 1. The van der Waals surface area contributed by atoms with Crippen LogP contribution in [0.2, 0.25) is 0 Å². The molecule has 0 radical (unpaired) electrons. The normalized spacial score (nSPS) is 21.4. The first-order chi connectivity index (χ1) is 20.4. The molecule has 0 spiro atoms. The summed E-state index contributed by atoms with van der Waals surface area (Å²) >= 11 is 0. The molecule has 3 aliphatic carbocycles. The molecule has 7 nitrogen and oxygen atoms in total. The SMILES string of the molecule is O=C(O)[C@@H]1C2CCC(CC2)[C@H]1Nc1cc(-c2ccc(Oc3ccccc3)cc2)nc(-c2c[nH]c3c(F)cc(F)cc23)n1. The zero-order chi connectivity index (χ0) is 28.8. The first kappa shape index (κ1) is 26.1. The van der Waals surface area contributed by atoms with Crippen LogP contribution in [0, 0.1) is 29.4 Å². The lowest BCUT2D eigenvalue weighted by molar-refractivity contribution is -0.148. The van der Waals surface area contributed by atoms with E-state index in [1.165, 1.54) is 6.07 Å². The second-order valence-electron chi connectivity index (χ2n) is 11.1. The van der Waals surface area contributed by atoms with Crippen molar-refractivity contribution in [2.24, 2.45) is 17.8 Å². The first-order valence-corrected chi connectivity index (χ1v) is 14.1. The number of aromatic nitrogens is 3. The van der Waals surface area contributed by atoms with Crippen molar-refractivity contribution in [1.29, 1.82) is 0 Å². The Labute approximate surface area is 240 Å². The number of benzene rings is 3. The van der Waals surface area contributed by atoms with Crippen molar-refractivity contribution in [1.82, 2.24) is 15.0 Å². The summed E-state index contributed by atoms with van der Waals surface area (Å²) in [7, 11) is 0. The Morgan fingerprint density at radius 3 is 2.36 bits per heavy atom. The van der Waals surface area contributed by atoms with Gasteiger partial charge in [-0.2, -0.15) is 0 Å². The third kappa shape index (κ3) is 4.85. The van der Waals surface area contributed by atoms with Crippen LogP contribution in [0.25, 0.3) is 33.5 Å². The van der Waals surface area contributed by atoms with Gasteiger partial charge >= 0.3 is 5.97 Å². The Hall–Kier alpha value is -4.79. The number of hydrogen-bond donors (Lipinski definition) is 3. The van der Waals surface area contributed by atoms with E-state index in [1.54, 1.807) is 12.3 Å². The lowest BCUT2D eigenvalue weighted by atomic mass is 9.61. The number of aliphatic carboxylic acids is 1. The molecule has 0 amide bonds. The topological polar surface area (TPSA) is 100 Å². The van der Waals surface area contributed by atoms with E-state index in [0.29, 0.717) is 28.2 Å². The highest BCUT2D eigenvalue weighted by Gasteiger charge is 2.47. The van der Waals surface area contributed by atoms with E-state index >= 15 is 0 Å². The lowest BCUT2D eigenvalue weighted by Gasteiger charge is -2.47. The van der Waals surface area contributed by atoms with Crippen LogP contribution < -0.4 is 10.1 Å². The van der Waals surface area contributed by atoms with Crippen LogP contribution in [0.5, 0.6) is 11.5 Å². The number of ether oxygens (including phenoxy) is 1. The number of rotatable bonds is 7. The molecular weight excluding hydrogens is 538 g/mol. The Kier molecular flexibility index (Phi) is 6.57. The van der Waals surface area contributed by atoms with Gasteiger partial charge in [-0.25, -0.2) is 18.7 Å². The minimum atomic E-state index is -0.798. The third-order valence-corrected chi connectivity index (χ3v) is 8.62. The average molecular weight is 567 g/mol. The summed E-state index contributed by atoms with van der Waals surface area (Å²) in [5.74, 6) is -0.256. The summed E-state index contributed by atoms with van der Waals surface area (Å²) in [6.45, 7) is 0. The summed E-state index contributed by atoms with van der Waals surface area (Å²) in [4.78, 5) is 24.7. The molecule has 0 saturated heterocycles. The van der Waals surface area contributed by atoms with E-state index in [-0.39, 0.29) is 29.2 Å². The maximum atomic E-state index is 14.5. The number of carboxylic acids is 1. The molecule has 42 heavy (non-hydrogen) atoms. The molecule has 3 saturated carbocycles. The molecule has 3 aliphatic rings. The molecule has 9 heteroatoms. The highest BCUT2D eigenvalue weighted by Crippen LogP contribution is 2.46. The van der Waals surface area contributed by atoms with Gasteiger partial charge in [-0.3, -0.25) is 4.79 Å². The Balaban J connectivity index is 1.29. The monoisotopic (exact) mass is 566 g/mol. The number of anilines is 1. The third-order valence-electron chi connectivity index (χ3n) is 8.62. The van der Waals surface area contributed by atoms with Crippen molar-refractivity contribution >= 4 is 22.7 Å². The summed E-state index contributed by atoms with van der Waals surface area (Å²) in [6.07, 6.45) is 5.35. The zero-order valence-corrected chi connectivity index (χ0v) is 22.6. The van der Waals surface area contributed by atoms with Crippen LogP contribution in [0.15, 0.2) is 79.0 Å². The van der Waals surface area contributed by atoms with E-state index < -0.39 is 23.5 Å². The summed E-state index contributed by atoms with van der Waals surface area (Å²) in [5, 5.41) is 13.9. The number of carboxylic acid groups (broad SMARTS) is 1. The van der Waals surface area contributed by atoms with Crippen molar-refractivity contribution in [3.63, 3.8) is 0 Å².